The summed E-state index contributed by atoms with van der Waals surface area (Å²) in [5, 5.41) is 11.8. The molecule has 1 fully saturated rings. The zero-order chi connectivity index (χ0) is 12.8. The molecule has 1 aromatic carbocycles. The molecule has 2 amide bonds. The van der Waals surface area contributed by atoms with Crippen molar-refractivity contribution in [3.05, 3.63) is 35.9 Å². The molecule has 0 radical (unpaired) electrons. The summed E-state index contributed by atoms with van der Waals surface area (Å²) in [6, 6.07) is 10.3. The van der Waals surface area contributed by atoms with Crippen LogP contribution < -0.4 is 5.32 Å². The summed E-state index contributed by atoms with van der Waals surface area (Å²) < 4.78 is 0. The number of carbonyl (C=O) groups excluding carboxylic acids is 1. The number of aliphatic hydroxyl groups excluding tert-OH is 1. The lowest BCUT2D eigenvalue weighted by Gasteiger charge is -2.38. The normalized spacial score (nSPS) is 15.3. The molecule has 98 valence electrons. The minimum Gasteiger partial charge on any atom is -0.396 e. The van der Waals surface area contributed by atoms with Crippen LogP contribution in [0.4, 0.5) is 4.79 Å². The molecule has 0 saturated carbocycles. The topological polar surface area (TPSA) is 52.6 Å². The van der Waals surface area contributed by atoms with Gasteiger partial charge in [0.1, 0.15) is 0 Å². The average Bonchev–Trinajstić information content (AvgIpc) is 2.35. The highest BCUT2D eigenvalue weighted by molar-refractivity contribution is 5.74. The van der Waals surface area contributed by atoms with E-state index in [1.54, 1.807) is 4.90 Å². The third-order valence-corrected chi connectivity index (χ3v) is 3.26. The second kappa shape index (κ2) is 6.40. The maximum absolute atomic E-state index is 11.6. The number of hydrogen-bond acceptors (Lipinski definition) is 2. The van der Waals surface area contributed by atoms with Gasteiger partial charge in [-0.15, -0.1) is 0 Å². The number of nitrogens with one attached hydrogen (secondary N) is 1. The Labute approximate surface area is 108 Å². The number of likely N-dealkylation sites (tertiary alicyclic amines) is 1. The largest absolute Gasteiger partial charge is 0.396 e. The van der Waals surface area contributed by atoms with Gasteiger partial charge in [-0.1, -0.05) is 30.3 Å². The first kappa shape index (κ1) is 12.9. The maximum atomic E-state index is 11.6. The van der Waals surface area contributed by atoms with Crippen molar-refractivity contribution in [1.82, 2.24) is 10.2 Å². The number of nitrogens with zero attached hydrogens (tertiary/aromatic N) is 1. The van der Waals surface area contributed by atoms with E-state index in [1.165, 1.54) is 5.56 Å². The molecule has 1 aliphatic rings. The quantitative estimate of drug-likeness (QED) is 0.771. The molecule has 0 aromatic heterocycles. The molecule has 0 aliphatic carbocycles. The van der Waals surface area contributed by atoms with Crippen LogP contribution in [0.1, 0.15) is 12.0 Å². The van der Waals surface area contributed by atoms with Crippen molar-refractivity contribution in [3.8, 4) is 0 Å². The second-order valence-corrected chi connectivity index (χ2v) is 4.77. The van der Waals surface area contributed by atoms with Gasteiger partial charge >= 0.3 is 6.03 Å². The van der Waals surface area contributed by atoms with Crippen molar-refractivity contribution < 1.29 is 9.90 Å². The summed E-state index contributed by atoms with van der Waals surface area (Å²) in [6.45, 7) is 2.24. The number of amides is 2. The number of benzene rings is 1. The molecular weight excluding hydrogens is 228 g/mol. The molecule has 1 aromatic rings. The Morgan fingerprint density at radius 2 is 2.06 bits per heavy atom. The van der Waals surface area contributed by atoms with E-state index in [4.69, 9.17) is 5.11 Å². The van der Waals surface area contributed by atoms with Crippen LogP contribution in [0.25, 0.3) is 0 Å². The van der Waals surface area contributed by atoms with Crippen LogP contribution in [0.2, 0.25) is 0 Å². The van der Waals surface area contributed by atoms with Gasteiger partial charge in [-0.2, -0.15) is 0 Å². The highest BCUT2D eigenvalue weighted by Crippen LogP contribution is 2.14. The summed E-state index contributed by atoms with van der Waals surface area (Å²) in [4.78, 5) is 13.4. The molecule has 0 bridgehead atoms. The van der Waals surface area contributed by atoms with Gasteiger partial charge < -0.3 is 15.3 Å². The van der Waals surface area contributed by atoms with E-state index in [0.717, 1.165) is 12.8 Å². The highest BCUT2D eigenvalue weighted by Gasteiger charge is 2.29. The van der Waals surface area contributed by atoms with Crippen LogP contribution in [0.15, 0.2) is 30.3 Å². The predicted molar refractivity (Wildman–Crippen MR) is 70.3 cm³/mol. The zero-order valence-corrected chi connectivity index (χ0v) is 10.5. The third kappa shape index (κ3) is 3.47. The van der Waals surface area contributed by atoms with Crippen molar-refractivity contribution in [3.63, 3.8) is 0 Å². The van der Waals surface area contributed by atoms with Crippen LogP contribution in [0.3, 0.4) is 0 Å². The number of rotatable bonds is 5. The van der Waals surface area contributed by atoms with Gasteiger partial charge in [0, 0.05) is 32.2 Å². The van der Waals surface area contributed by atoms with E-state index in [0.29, 0.717) is 19.6 Å². The van der Waals surface area contributed by atoms with E-state index in [1.807, 2.05) is 18.2 Å². The molecule has 0 spiro atoms. The molecule has 2 N–H and O–H groups in total. The standard InChI is InChI=1S/C14H20N2O2/c17-11-13-9-16(10-13)14(18)15-8-4-7-12-5-2-1-3-6-12/h1-3,5-6,13,17H,4,7-11H2,(H,15,18). The molecule has 18 heavy (non-hydrogen) atoms. The fraction of sp³-hybridized carbons (Fsp3) is 0.500. The lowest BCUT2D eigenvalue weighted by atomic mass is 10.0. The second-order valence-electron chi connectivity index (χ2n) is 4.77. The zero-order valence-electron chi connectivity index (χ0n) is 10.5. The Bertz CT molecular complexity index is 375. The average molecular weight is 248 g/mol. The summed E-state index contributed by atoms with van der Waals surface area (Å²) >= 11 is 0. The van der Waals surface area contributed by atoms with Gasteiger partial charge in [-0.25, -0.2) is 4.79 Å². The van der Waals surface area contributed by atoms with Gasteiger partial charge in [0.05, 0.1) is 0 Å². The molecule has 4 nitrogen and oxygen atoms in total. The monoisotopic (exact) mass is 248 g/mol. The van der Waals surface area contributed by atoms with Crippen LogP contribution in [-0.4, -0.2) is 42.3 Å². The van der Waals surface area contributed by atoms with Crippen molar-refractivity contribution in [2.75, 3.05) is 26.2 Å². The van der Waals surface area contributed by atoms with Gasteiger partial charge in [-0.3, -0.25) is 0 Å². The van der Waals surface area contributed by atoms with Crippen LogP contribution in [0.5, 0.6) is 0 Å². The Kier molecular flexibility index (Phi) is 4.59. The van der Waals surface area contributed by atoms with E-state index >= 15 is 0 Å². The Hall–Kier alpha value is -1.55. The van der Waals surface area contributed by atoms with E-state index < -0.39 is 0 Å². The lowest BCUT2D eigenvalue weighted by molar-refractivity contribution is 0.0777. The fourth-order valence-corrected chi connectivity index (χ4v) is 2.10. The van der Waals surface area contributed by atoms with Crippen molar-refractivity contribution in [2.45, 2.75) is 12.8 Å². The molecule has 2 rings (SSSR count). The summed E-state index contributed by atoms with van der Waals surface area (Å²) in [5.41, 5.74) is 1.30. The third-order valence-electron chi connectivity index (χ3n) is 3.26. The first-order valence-electron chi connectivity index (χ1n) is 6.47. The molecule has 0 unspecified atom stereocenters. The minimum absolute atomic E-state index is 0.00670. The maximum Gasteiger partial charge on any atom is 0.317 e. The van der Waals surface area contributed by atoms with E-state index in [-0.39, 0.29) is 18.6 Å². The first-order valence-corrected chi connectivity index (χ1v) is 6.47. The van der Waals surface area contributed by atoms with Crippen molar-refractivity contribution in [1.29, 1.82) is 0 Å². The first-order chi connectivity index (χ1) is 8.79. The molecule has 1 aliphatic heterocycles. The van der Waals surface area contributed by atoms with Gasteiger partial charge in [-0.05, 0) is 18.4 Å². The number of hydrogen-bond donors (Lipinski definition) is 2. The van der Waals surface area contributed by atoms with E-state index in [9.17, 15) is 4.79 Å². The van der Waals surface area contributed by atoms with Gasteiger partial charge in [0.15, 0.2) is 0 Å². The lowest BCUT2D eigenvalue weighted by Crippen LogP contribution is -2.54. The smallest absolute Gasteiger partial charge is 0.317 e. The predicted octanol–water partition coefficient (Wildman–Crippen LogP) is 1.25. The highest BCUT2D eigenvalue weighted by atomic mass is 16.3. The molecule has 1 saturated heterocycles. The Morgan fingerprint density at radius 3 is 2.72 bits per heavy atom. The van der Waals surface area contributed by atoms with Crippen molar-refractivity contribution >= 4 is 6.03 Å². The Balaban J connectivity index is 1.57. The molecule has 4 heteroatoms. The molecular formula is C14H20N2O2. The number of aryl methyl sites for hydroxylation is 1. The molecule has 1 heterocycles. The fourth-order valence-electron chi connectivity index (χ4n) is 2.10. The van der Waals surface area contributed by atoms with Crippen LogP contribution in [-0.2, 0) is 6.42 Å². The number of urea groups is 1. The SMILES string of the molecule is O=C(NCCCc1ccccc1)N1CC(CO)C1. The van der Waals surface area contributed by atoms with Gasteiger partial charge in [0.25, 0.3) is 0 Å². The number of carbonyl (C=O) groups is 1. The van der Waals surface area contributed by atoms with Crippen molar-refractivity contribution in [2.24, 2.45) is 5.92 Å². The van der Waals surface area contributed by atoms with Gasteiger partial charge in [0.2, 0.25) is 0 Å². The summed E-state index contributed by atoms with van der Waals surface area (Å²) in [6.07, 6.45) is 1.94. The minimum atomic E-state index is -0.00670. The number of aliphatic hydroxyl groups is 1. The summed E-state index contributed by atoms with van der Waals surface area (Å²) in [7, 11) is 0. The van der Waals surface area contributed by atoms with Crippen LogP contribution in [0, 0.1) is 5.92 Å². The molecule has 0 atom stereocenters. The Morgan fingerprint density at radius 1 is 1.33 bits per heavy atom. The van der Waals surface area contributed by atoms with Crippen LogP contribution >= 0.6 is 0 Å². The summed E-state index contributed by atoms with van der Waals surface area (Å²) in [5.74, 6) is 0.278. The van der Waals surface area contributed by atoms with E-state index in [2.05, 4.69) is 17.4 Å².